The Morgan fingerprint density at radius 3 is 2.52 bits per heavy atom. The number of hydrogen-bond donors (Lipinski definition) is 1. The van der Waals surface area contributed by atoms with E-state index in [-0.39, 0.29) is 11.6 Å². The molecule has 6 heteroatoms. The third kappa shape index (κ3) is 4.44. The second kappa shape index (κ2) is 8.41. The summed E-state index contributed by atoms with van der Waals surface area (Å²) in [6.45, 7) is 8.25. The molecule has 4 rings (SSSR count). The number of likely N-dealkylation sites (tertiary alicyclic amines) is 1. The van der Waals surface area contributed by atoms with Crippen molar-refractivity contribution in [1.82, 2.24) is 20.0 Å². The summed E-state index contributed by atoms with van der Waals surface area (Å²) in [5.74, 6) is 0. The predicted octanol–water partition coefficient (Wildman–Crippen LogP) is 2.26. The molecule has 0 spiro atoms. The first-order chi connectivity index (χ1) is 13.1. The molecule has 2 aliphatic heterocycles. The third-order valence-corrected chi connectivity index (χ3v) is 6.64. The first kappa shape index (κ1) is 19.1. The van der Waals surface area contributed by atoms with E-state index in [1.165, 1.54) is 25.9 Å². The maximum Gasteiger partial charge on any atom is 0.267 e. The molecular formula is C21H34N4O2. The van der Waals surface area contributed by atoms with Crippen molar-refractivity contribution in [3.05, 3.63) is 27.7 Å². The lowest BCUT2D eigenvalue weighted by atomic mass is 9.90. The van der Waals surface area contributed by atoms with Crippen LogP contribution in [0.15, 0.2) is 10.9 Å². The molecule has 6 nitrogen and oxygen atoms in total. The fourth-order valence-electron chi connectivity index (χ4n) is 4.89. The molecule has 1 saturated carbocycles. The standard InChI is InChI=1S/C21H34N4O2/c1-15(2)24-10-7-18(8-11-24)22-17-3-5-19(6-4-17)25-21(26)13-16-14-27-12-9-20(16)23-25/h13,15,17-19,22H,3-12,14H2,1-2H3. The Balaban J connectivity index is 1.30. The van der Waals surface area contributed by atoms with Crippen molar-refractivity contribution in [2.45, 2.75) is 89.6 Å². The third-order valence-electron chi connectivity index (χ3n) is 6.64. The minimum atomic E-state index is 0.0386. The number of ether oxygens (including phenoxy) is 1. The van der Waals surface area contributed by atoms with Crippen molar-refractivity contribution < 1.29 is 4.74 Å². The number of nitrogens with zero attached hydrogens (tertiary/aromatic N) is 3. The summed E-state index contributed by atoms with van der Waals surface area (Å²) in [6, 6.07) is 3.92. The molecule has 3 heterocycles. The summed E-state index contributed by atoms with van der Waals surface area (Å²) in [5, 5.41) is 8.60. The van der Waals surface area contributed by atoms with Crippen molar-refractivity contribution in [1.29, 1.82) is 0 Å². The Labute approximate surface area is 162 Å². The summed E-state index contributed by atoms with van der Waals surface area (Å²) in [5.41, 5.74) is 2.07. The Hall–Kier alpha value is -1.24. The van der Waals surface area contributed by atoms with Crippen molar-refractivity contribution in [2.24, 2.45) is 0 Å². The molecule has 0 radical (unpaired) electrons. The average Bonchev–Trinajstić information content (AvgIpc) is 2.68. The Morgan fingerprint density at radius 2 is 1.81 bits per heavy atom. The fourth-order valence-corrected chi connectivity index (χ4v) is 4.89. The van der Waals surface area contributed by atoms with Crippen LogP contribution < -0.4 is 10.9 Å². The van der Waals surface area contributed by atoms with Gasteiger partial charge in [0, 0.05) is 36.2 Å². The summed E-state index contributed by atoms with van der Waals surface area (Å²) in [4.78, 5) is 15.1. The summed E-state index contributed by atoms with van der Waals surface area (Å²) in [6.07, 6.45) is 7.71. The van der Waals surface area contributed by atoms with Crippen molar-refractivity contribution in [3.63, 3.8) is 0 Å². The zero-order valence-electron chi connectivity index (χ0n) is 16.8. The minimum absolute atomic E-state index is 0.0386. The SMILES string of the molecule is CC(C)N1CCC(NC2CCC(n3nc4c(cc3=O)COCC4)CC2)CC1. The van der Waals surface area contributed by atoms with E-state index in [1.54, 1.807) is 10.7 Å². The average molecular weight is 375 g/mol. The number of nitrogens with one attached hydrogen (secondary N) is 1. The van der Waals surface area contributed by atoms with E-state index in [0.717, 1.165) is 43.4 Å². The van der Waals surface area contributed by atoms with Gasteiger partial charge >= 0.3 is 0 Å². The van der Waals surface area contributed by atoms with Crippen LogP contribution in [-0.4, -0.2) is 52.5 Å². The molecule has 150 valence electrons. The normalized spacial score (nSPS) is 27.7. The van der Waals surface area contributed by atoms with Crippen molar-refractivity contribution in [3.8, 4) is 0 Å². The molecule has 0 bridgehead atoms. The molecule has 0 atom stereocenters. The molecule has 3 aliphatic rings. The van der Waals surface area contributed by atoms with Gasteiger partial charge in [0.15, 0.2) is 0 Å². The van der Waals surface area contributed by atoms with Crippen LogP contribution in [0.25, 0.3) is 0 Å². The van der Waals surface area contributed by atoms with Gasteiger partial charge in [0.2, 0.25) is 0 Å². The summed E-state index contributed by atoms with van der Waals surface area (Å²) in [7, 11) is 0. The van der Waals surface area contributed by atoms with Gasteiger partial charge in [-0.25, -0.2) is 4.68 Å². The van der Waals surface area contributed by atoms with E-state index in [4.69, 9.17) is 9.84 Å². The van der Waals surface area contributed by atoms with E-state index >= 15 is 0 Å². The van der Waals surface area contributed by atoms with Gasteiger partial charge in [0.1, 0.15) is 0 Å². The van der Waals surface area contributed by atoms with Crippen LogP contribution in [-0.2, 0) is 17.8 Å². The molecule has 0 aromatic carbocycles. The van der Waals surface area contributed by atoms with E-state index in [9.17, 15) is 4.79 Å². The highest BCUT2D eigenvalue weighted by Crippen LogP contribution is 2.28. The van der Waals surface area contributed by atoms with Gasteiger partial charge in [0.05, 0.1) is 24.9 Å². The molecule has 2 fully saturated rings. The molecule has 27 heavy (non-hydrogen) atoms. The van der Waals surface area contributed by atoms with Crippen molar-refractivity contribution in [2.75, 3.05) is 19.7 Å². The number of piperidine rings is 1. The second-order valence-corrected chi connectivity index (χ2v) is 8.78. The monoisotopic (exact) mass is 374 g/mol. The molecule has 1 aromatic heterocycles. The molecule has 1 aromatic rings. The minimum Gasteiger partial charge on any atom is -0.376 e. The Bertz CT molecular complexity index is 686. The maximum atomic E-state index is 12.5. The molecule has 1 N–H and O–H groups in total. The van der Waals surface area contributed by atoms with Crippen LogP contribution in [0.5, 0.6) is 0 Å². The molecule has 0 unspecified atom stereocenters. The number of hydrogen-bond acceptors (Lipinski definition) is 5. The number of fused-ring (bicyclic) bond motifs is 1. The first-order valence-electron chi connectivity index (χ1n) is 10.8. The van der Waals surface area contributed by atoms with E-state index < -0.39 is 0 Å². The molecule has 1 saturated heterocycles. The van der Waals surface area contributed by atoms with E-state index in [1.807, 2.05) is 0 Å². The summed E-state index contributed by atoms with van der Waals surface area (Å²) < 4.78 is 7.21. The van der Waals surface area contributed by atoms with Gasteiger partial charge in [0.25, 0.3) is 5.56 Å². The van der Waals surface area contributed by atoms with Gasteiger partial charge in [-0.2, -0.15) is 5.10 Å². The van der Waals surface area contributed by atoms with Gasteiger partial charge in [-0.3, -0.25) is 4.79 Å². The van der Waals surface area contributed by atoms with Gasteiger partial charge < -0.3 is 15.0 Å². The van der Waals surface area contributed by atoms with Crippen molar-refractivity contribution >= 4 is 0 Å². The van der Waals surface area contributed by atoms with Crippen LogP contribution >= 0.6 is 0 Å². The number of aromatic nitrogens is 2. The molecule has 0 amide bonds. The van der Waals surface area contributed by atoms with Gasteiger partial charge in [-0.1, -0.05) is 0 Å². The predicted molar refractivity (Wildman–Crippen MR) is 106 cm³/mol. The van der Waals surface area contributed by atoms with Gasteiger partial charge in [-0.15, -0.1) is 0 Å². The highest BCUT2D eigenvalue weighted by molar-refractivity contribution is 5.19. The molecular weight excluding hydrogens is 340 g/mol. The quantitative estimate of drug-likeness (QED) is 0.876. The lowest BCUT2D eigenvalue weighted by molar-refractivity contribution is 0.107. The van der Waals surface area contributed by atoms with Crippen LogP contribution in [0.3, 0.4) is 0 Å². The van der Waals surface area contributed by atoms with Crippen LogP contribution in [0.1, 0.15) is 69.7 Å². The van der Waals surface area contributed by atoms with Gasteiger partial charge in [-0.05, 0) is 65.5 Å². The first-order valence-corrected chi connectivity index (χ1v) is 10.8. The largest absolute Gasteiger partial charge is 0.376 e. The lowest BCUT2D eigenvalue weighted by Crippen LogP contribution is -2.48. The smallest absolute Gasteiger partial charge is 0.267 e. The van der Waals surface area contributed by atoms with Crippen LogP contribution in [0.2, 0.25) is 0 Å². The number of rotatable bonds is 4. The zero-order valence-corrected chi connectivity index (χ0v) is 16.8. The lowest BCUT2D eigenvalue weighted by Gasteiger charge is -2.38. The fraction of sp³-hybridized carbons (Fsp3) is 0.810. The topological polar surface area (TPSA) is 59.4 Å². The highest BCUT2D eigenvalue weighted by Gasteiger charge is 2.28. The summed E-state index contributed by atoms with van der Waals surface area (Å²) >= 11 is 0. The second-order valence-electron chi connectivity index (χ2n) is 8.78. The Morgan fingerprint density at radius 1 is 1.11 bits per heavy atom. The molecule has 1 aliphatic carbocycles. The zero-order chi connectivity index (χ0) is 18.8. The van der Waals surface area contributed by atoms with Crippen LogP contribution in [0.4, 0.5) is 0 Å². The van der Waals surface area contributed by atoms with Crippen LogP contribution in [0, 0.1) is 0 Å². The maximum absolute atomic E-state index is 12.5. The Kier molecular flexibility index (Phi) is 5.95. The van der Waals surface area contributed by atoms with E-state index in [2.05, 4.69) is 24.1 Å². The highest BCUT2D eigenvalue weighted by atomic mass is 16.5. The van der Waals surface area contributed by atoms with E-state index in [0.29, 0.717) is 31.3 Å².